The number of halogens is 3. The van der Waals surface area contributed by atoms with E-state index in [0.717, 1.165) is 37.1 Å². The van der Waals surface area contributed by atoms with Gasteiger partial charge in [-0.25, -0.2) is 9.18 Å². The summed E-state index contributed by atoms with van der Waals surface area (Å²) in [6.45, 7) is 4.31. The number of nitrogens with zero attached hydrogens (tertiary/aromatic N) is 1. The number of carboxylic acid groups (broad SMARTS) is 1. The number of carbonyl (C=O) groups is 1. The predicted molar refractivity (Wildman–Crippen MR) is 111 cm³/mol. The average Bonchev–Trinajstić information content (AvgIpc) is 3.44. The van der Waals surface area contributed by atoms with Crippen LogP contribution in [0.2, 0.25) is 10.0 Å². The van der Waals surface area contributed by atoms with Crippen molar-refractivity contribution in [3.8, 4) is 5.75 Å². The number of aromatic carboxylic acids is 1. The first-order valence-corrected chi connectivity index (χ1v) is 10.5. The summed E-state index contributed by atoms with van der Waals surface area (Å²) < 4.78 is 20.0. The maximum absolute atomic E-state index is 14.1. The third-order valence-electron chi connectivity index (χ3n) is 5.72. The zero-order valence-electron chi connectivity index (χ0n) is 16.0. The van der Waals surface area contributed by atoms with Gasteiger partial charge >= 0.3 is 5.97 Å². The van der Waals surface area contributed by atoms with E-state index in [1.54, 1.807) is 6.07 Å². The Morgan fingerprint density at radius 2 is 1.86 bits per heavy atom. The smallest absolute Gasteiger partial charge is 0.338 e. The average molecular weight is 438 g/mol. The maximum atomic E-state index is 14.1. The van der Waals surface area contributed by atoms with E-state index in [4.69, 9.17) is 33.0 Å². The molecule has 1 saturated heterocycles. The fourth-order valence-electron chi connectivity index (χ4n) is 3.84. The molecule has 154 valence electrons. The zero-order chi connectivity index (χ0) is 20.7. The van der Waals surface area contributed by atoms with Crippen molar-refractivity contribution in [2.75, 3.05) is 19.7 Å². The van der Waals surface area contributed by atoms with Crippen LogP contribution in [0, 0.1) is 11.7 Å². The van der Waals surface area contributed by atoms with Crippen LogP contribution in [0.4, 0.5) is 4.39 Å². The molecule has 0 aromatic heterocycles. The second-order valence-electron chi connectivity index (χ2n) is 7.96. The van der Waals surface area contributed by atoms with Crippen LogP contribution in [-0.4, -0.2) is 35.7 Å². The molecule has 4 rings (SSSR count). The van der Waals surface area contributed by atoms with Crippen molar-refractivity contribution in [3.63, 3.8) is 0 Å². The third-order valence-corrected chi connectivity index (χ3v) is 6.16. The minimum Gasteiger partial charge on any atom is -0.493 e. The first-order valence-electron chi connectivity index (χ1n) is 9.71. The van der Waals surface area contributed by atoms with Crippen LogP contribution in [0.3, 0.4) is 0 Å². The normalized spacial score (nSPS) is 18.3. The first-order chi connectivity index (χ1) is 13.8. The number of benzene rings is 2. The Morgan fingerprint density at radius 1 is 1.21 bits per heavy atom. The molecule has 1 atom stereocenters. The molecular formula is C22H22Cl2FNO3. The molecule has 2 aliphatic rings. The molecule has 1 aliphatic carbocycles. The summed E-state index contributed by atoms with van der Waals surface area (Å²) in [5.41, 5.74) is 1.59. The van der Waals surface area contributed by atoms with Gasteiger partial charge in [0.2, 0.25) is 0 Å². The Labute approximate surface area is 179 Å². The minimum absolute atomic E-state index is 0.191. The molecule has 0 spiro atoms. The monoisotopic (exact) mass is 437 g/mol. The summed E-state index contributed by atoms with van der Waals surface area (Å²) in [6.07, 6.45) is 1.97. The Bertz CT molecular complexity index is 922. The van der Waals surface area contributed by atoms with Crippen molar-refractivity contribution in [3.05, 3.63) is 62.9 Å². The van der Waals surface area contributed by atoms with E-state index in [9.17, 15) is 9.18 Å². The van der Waals surface area contributed by atoms with Gasteiger partial charge in [0.15, 0.2) is 0 Å². The highest BCUT2D eigenvalue weighted by Gasteiger charge is 2.33. The SMILES string of the molecule is CC(c1cc(Cl)cc(Cl)c1)N1CC(COc2cc(F)c(C(=O)O)cc2C2CC2)C1. The second kappa shape index (κ2) is 8.13. The molecule has 1 heterocycles. The number of hydrogen-bond acceptors (Lipinski definition) is 3. The summed E-state index contributed by atoms with van der Waals surface area (Å²) >= 11 is 12.2. The highest BCUT2D eigenvalue weighted by molar-refractivity contribution is 6.34. The van der Waals surface area contributed by atoms with Crippen molar-refractivity contribution in [2.45, 2.75) is 31.7 Å². The van der Waals surface area contributed by atoms with Gasteiger partial charge in [0.25, 0.3) is 0 Å². The predicted octanol–water partition coefficient (Wildman–Crippen LogP) is 5.78. The van der Waals surface area contributed by atoms with E-state index in [-0.39, 0.29) is 17.5 Å². The van der Waals surface area contributed by atoms with Crippen LogP contribution < -0.4 is 4.74 Å². The molecule has 2 aromatic rings. The fourth-order valence-corrected chi connectivity index (χ4v) is 4.38. The Kier molecular flexibility index (Phi) is 5.74. The summed E-state index contributed by atoms with van der Waals surface area (Å²) in [4.78, 5) is 13.5. The molecule has 0 bridgehead atoms. The van der Waals surface area contributed by atoms with Crippen molar-refractivity contribution in [1.29, 1.82) is 0 Å². The van der Waals surface area contributed by atoms with Gasteiger partial charge < -0.3 is 9.84 Å². The van der Waals surface area contributed by atoms with Gasteiger partial charge in [-0.3, -0.25) is 4.90 Å². The number of carboxylic acids is 1. The number of ether oxygens (including phenoxy) is 1. The maximum Gasteiger partial charge on any atom is 0.338 e. The molecule has 29 heavy (non-hydrogen) atoms. The molecular weight excluding hydrogens is 416 g/mol. The van der Waals surface area contributed by atoms with E-state index in [1.165, 1.54) is 12.1 Å². The molecule has 1 unspecified atom stereocenters. The summed E-state index contributed by atoms with van der Waals surface area (Å²) in [5.74, 6) is -0.919. The first kappa shape index (κ1) is 20.5. The van der Waals surface area contributed by atoms with Crippen LogP contribution in [0.1, 0.15) is 53.2 Å². The lowest BCUT2D eigenvalue weighted by atomic mass is 9.95. The molecule has 1 N–H and O–H groups in total. The minimum atomic E-state index is -1.25. The molecule has 7 heteroatoms. The largest absolute Gasteiger partial charge is 0.493 e. The van der Waals surface area contributed by atoms with Crippen molar-refractivity contribution in [2.24, 2.45) is 5.92 Å². The fraction of sp³-hybridized carbons (Fsp3) is 0.409. The molecule has 1 saturated carbocycles. The van der Waals surface area contributed by atoms with Crippen LogP contribution >= 0.6 is 23.2 Å². The van der Waals surface area contributed by atoms with Gasteiger partial charge in [-0.15, -0.1) is 0 Å². The highest BCUT2D eigenvalue weighted by atomic mass is 35.5. The number of hydrogen-bond donors (Lipinski definition) is 1. The molecule has 0 amide bonds. The van der Waals surface area contributed by atoms with Gasteiger partial charge in [0, 0.05) is 41.2 Å². The second-order valence-corrected chi connectivity index (χ2v) is 8.83. The topological polar surface area (TPSA) is 49.8 Å². The third kappa shape index (κ3) is 4.52. The van der Waals surface area contributed by atoms with Gasteiger partial charge in [0.1, 0.15) is 11.6 Å². The van der Waals surface area contributed by atoms with Gasteiger partial charge in [-0.2, -0.15) is 0 Å². The lowest BCUT2D eigenvalue weighted by molar-refractivity contribution is 0.0307. The Hall–Kier alpha value is -1.82. The molecule has 1 aliphatic heterocycles. The summed E-state index contributed by atoms with van der Waals surface area (Å²) in [6, 6.07) is 8.43. The van der Waals surface area contributed by atoms with Crippen LogP contribution in [0.15, 0.2) is 30.3 Å². The van der Waals surface area contributed by atoms with Crippen molar-refractivity contribution in [1.82, 2.24) is 4.90 Å². The van der Waals surface area contributed by atoms with E-state index >= 15 is 0 Å². The van der Waals surface area contributed by atoms with Crippen LogP contribution in [0.5, 0.6) is 5.75 Å². The molecule has 2 fully saturated rings. The summed E-state index contributed by atoms with van der Waals surface area (Å²) in [7, 11) is 0. The zero-order valence-corrected chi connectivity index (χ0v) is 17.5. The van der Waals surface area contributed by atoms with Gasteiger partial charge in [0.05, 0.1) is 12.2 Å². The van der Waals surface area contributed by atoms with E-state index in [0.29, 0.717) is 28.3 Å². The van der Waals surface area contributed by atoms with Gasteiger partial charge in [-0.05, 0) is 61.1 Å². The standard InChI is InChI=1S/C22H22Cl2FNO3/c1-12(15-4-16(23)6-17(24)5-15)26-9-13(10-26)11-29-21-8-20(25)19(22(27)28)7-18(21)14-2-3-14/h4-8,12-14H,2-3,9-11H2,1H3,(H,27,28). The molecule has 0 radical (unpaired) electrons. The highest BCUT2D eigenvalue weighted by Crippen LogP contribution is 2.45. The lowest BCUT2D eigenvalue weighted by Crippen LogP contribution is -2.50. The molecule has 2 aromatic carbocycles. The van der Waals surface area contributed by atoms with Crippen LogP contribution in [-0.2, 0) is 0 Å². The molecule has 4 nitrogen and oxygen atoms in total. The van der Waals surface area contributed by atoms with E-state index in [2.05, 4.69) is 11.8 Å². The summed E-state index contributed by atoms with van der Waals surface area (Å²) in [5, 5.41) is 10.4. The Balaban J connectivity index is 1.37. The van der Waals surface area contributed by atoms with Crippen molar-refractivity contribution >= 4 is 29.2 Å². The van der Waals surface area contributed by atoms with Crippen molar-refractivity contribution < 1.29 is 19.0 Å². The van der Waals surface area contributed by atoms with E-state index < -0.39 is 11.8 Å². The quantitative estimate of drug-likeness (QED) is 0.596. The van der Waals surface area contributed by atoms with Gasteiger partial charge in [-0.1, -0.05) is 23.2 Å². The van der Waals surface area contributed by atoms with E-state index in [1.807, 2.05) is 12.1 Å². The van der Waals surface area contributed by atoms with Crippen LogP contribution in [0.25, 0.3) is 0 Å². The number of rotatable bonds is 7. The Morgan fingerprint density at radius 3 is 2.45 bits per heavy atom. The lowest BCUT2D eigenvalue weighted by Gasteiger charge is -2.43. The number of likely N-dealkylation sites (tertiary alicyclic amines) is 1.